The van der Waals surface area contributed by atoms with Crippen molar-refractivity contribution >= 4 is 5.91 Å². The van der Waals surface area contributed by atoms with Gasteiger partial charge in [-0.1, -0.05) is 19.3 Å². The highest BCUT2D eigenvalue weighted by molar-refractivity contribution is 5.80. The number of likely N-dealkylation sites (tertiary alicyclic amines) is 1. The van der Waals surface area contributed by atoms with Gasteiger partial charge in [0.15, 0.2) is 0 Å². The molecule has 1 aliphatic carbocycles. The molecule has 5 rings (SSSR count). The molecule has 1 N–H and O–H groups in total. The summed E-state index contributed by atoms with van der Waals surface area (Å²) in [5, 5.41) is 0. The third-order valence-electron chi connectivity index (χ3n) is 7.54. The van der Waals surface area contributed by atoms with Gasteiger partial charge in [0.2, 0.25) is 5.91 Å². The average Bonchev–Trinajstić information content (AvgIpc) is 3.47. The van der Waals surface area contributed by atoms with Gasteiger partial charge in [-0.05, 0) is 38.0 Å². The summed E-state index contributed by atoms with van der Waals surface area (Å²) in [4.78, 5) is 38.2. The summed E-state index contributed by atoms with van der Waals surface area (Å²) in [6.07, 6.45) is 10.2. The number of amides is 1. The van der Waals surface area contributed by atoms with E-state index in [1.54, 1.807) is 0 Å². The smallest absolute Gasteiger partial charge is 0.255 e. The molecule has 1 amide bonds. The molecule has 3 fully saturated rings. The zero-order valence-corrected chi connectivity index (χ0v) is 17.9. The van der Waals surface area contributed by atoms with E-state index in [-0.39, 0.29) is 23.4 Å². The van der Waals surface area contributed by atoms with Gasteiger partial charge in [-0.2, -0.15) is 0 Å². The fourth-order valence-electron chi connectivity index (χ4n) is 5.83. The SMILES string of the molecule is O=C([C@@H]1CCOC1)N1CCC[C@@H]1c1nc2c(c(=O)[nH]1)CN(CC1CCCCC1)CC2. The number of fused-ring (bicyclic) bond motifs is 1. The van der Waals surface area contributed by atoms with Crippen LogP contribution in [-0.4, -0.2) is 58.5 Å². The van der Waals surface area contributed by atoms with Crippen LogP contribution in [0.15, 0.2) is 4.79 Å². The van der Waals surface area contributed by atoms with Crippen molar-refractivity contribution in [2.75, 3.05) is 32.8 Å². The monoisotopic (exact) mass is 414 g/mol. The molecule has 30 heavy (non-hydrogen) atoms. The van der Waals surface area contributed by atoms with Crippen LogP contribution in [0.25, 0.3) is 0 Å². The van der Waals surface area contributed by atoms with E-state index in [1.165, 1.54) is 32.1 Å². The Balaban J connectivity index is 1.30. The molecule has 1 saturated carbocycles. The number of H-pyrrole nitrogens is 1. The van der Waals surface area contributed by atoms with Gasteiger partial charge in [0.05, 0.1) is 29.8 Å². The molecule has 164 valence electrons. The molecule has 7 nitrogen and oxygen atoms in total. The van der Waals surface area contributed by atoms with Crippen molar-refractivity contribution in [3.63, 3.8) is 0 Å². The number of aromatic amines is 1. The molecule has 7 heteroatoms. The largest absolute Gasteiger partial charge is 0.381 e. The lowest BCUT2D eigenvalue weighted by molar-refractivity contribution is -0.136. The molecule has 1 aromatic heterocycles. The molecule has 4 heterocycles. The topological polar surface area (TPSA) is 78.5 Å². The van der Waals surface area contributed by atoms with Crippen molar-refractivity contribution < 1.29 is 9.53 Å². The van der Waals surface area contributed by atoms with Crippen LogP contribution in [0.5, 0.6) is 0 Å². The van der Waals surface area contributed by atoms with Crippen molar-refractivity contribution in [3.05, 3.63) is 27.4 Å². The molecule has 2 saturated heterocycles. The Morgan fingerprint density at radius 3 is 2.77 bits per heavy atom. The van der Waals surface area contributed by atoms with Crippen molar-refractivity contribution in [2.45, 2.75) is 70.4 Å². The molecule has 3 aliphatic heterocycles. The molecular weight excluding hydrogens is 380 g/mol. The summed E-state index contributed by atoms with van der Waals surface area (Å²) in [6, 6.07) is -0.101. The quantitative estimate of drug-likeness (QED) is 0.819. The van der Waals surface area contributed by atoms with Crippen molar-refractivity contribution in [3.8, 4) is 0 Å². The maximum absolute atomic E-state index is 13.0. The van der Waals surface area contributed by atoms with Crippen LogP contribution >= 0.6 is 0 Å². The minimum Gasteiger partial charge on any atom is -0.381 e. The number of nitrogens with one attached hydrogen (secondary N) is 1. The summed E-state index contributed by atoms with van der Waals surface area (Å²) in [5.41, 5.74) is 1.77. The van der Waals surface area contributed by atoms with Crippen molar-refractivity contribution in [1.29, 1.82) is 0 Å². The van der Waals surface area contributed by atoms with Crippen LogP contribution in [0.3, 0.4) is 0 Å². The molecular formula is C23H34N4O3. The number of carbonyl (C=O) groups excluding carboxylic acids is 1. The van der Waals surface area contributed by atoms with E-state index in [0.717, 1.165) is 62.5 Å². The minimum absolute atomic E-state index is 0.00755. The van der Waals surface area contributed by atoms with Crippen LogP contribution in [0.2, 0.25) is 0 Å². The second-order valence-corrected chi connectivity index (χ2v) is 9.62. The van der Waals surface area contributed by atoms with E-state index in [2.05, 4.69) is 9.88 Å². The van der Waals surface area contributed by atoms with E-state index in [0.29, 0.717) is 25.6 Å². The Morgan fingerprint density at radius 2 is 1.97 bits per heavy atom. The highest BCUT2D eigenvalue weighted by Crippen LogP contribution is 2.33. The number of carbonyl (C=O) groups is 1. The average molecular weight is 415 g/mol. The molecule has 0 unspecified atom stereocenters. The minimum atomic E-state index is -0.101. The van der Waals surface area contributed by atoms with Crippen LogP contribution < -0.4 is 5.56 Å². The lowest BCUT2D eigenvalue weighted by Crippen LogP contribution is -2.40. The molecule has 0 bridgehead atoms. The van der Waals surface area contributed by atoms with Gasteiger partial charge in [0.25, 0.3) is 5.56 Å². The highest BCUT2D eigenvalue weighted by atomic mass is 16.5. The fraction of sp³-hybridized carbons (Fsp3) is 0.783. The number of hydrogen-bond acceptors (Lipinski definition) is 5. The summed E-state index contributed by atoms with van der Waals surface area (Å²) in [5.74, 6) is 1.59. The summed E-state index contributed by atoms with van der Waals surface area (Å²) < 4.78 is 5.41. The van der Waals surface area contributed by atoms with Crippen LogP contribution in [0.1, 0.15) is 74.5 Å². The summed E-state index contributed by atoms with van der Waals surface area (Å²) in [7, 11) is 0. The zero-order valence-electron chi connectivity index (χ0n) is 17.9. The third kappa shape index (κ3) is 4.06. The first-order valence-electron chi connectivity index (χ1n) is 11.9. The number of nitrogens with zero attached hydrogens (tertiary/aromatic N) is 3. The first kappa shape index (κ1) is 20.2. The van der Waals surface area contributed by atoms with Crippen LogP contribution in [-0.2, 0) is 22.5 Å². The standard InChI is InChI=1S/C23H34N4O3/c28-22-18-14-26(13-16-5-2-1-3-6-16)11-8-19(18)24-21(25-22)20-7-4-10-27(20)23(29)17-9-12-30-15-17/h16-17,20H,1-15H2,(H,24,25,28)/t17-,20-/m1/s1. The fourth-order valence-corrected chi connectivity index (χ4v) is 5.83. The molecule has 0 spiro atoms. The second-order valence-electron chi connectivity index (χ2n) is 9.62. The third-order valence-corrected chi connectivity index (χ3v) is 7.54. The maximum Gasteiger partial charge on any atom is 0.255 e. The molecule has 2 atom stereocenters. The Bertz CT molecular complexity index is 826. The van der Waals surface area contributed by atoms with Gasteiger partial charge in [-0.25, -0.2) is 4.98 Å². The number of hydrogen-bond donors (Lipinski definition) is 1. The van der Waals surface area contributed by atoms with Gasteiger partial charge in [0, 0.05) is 39.2 Å². The first-order valence-corrected chi connectivity index (χ1v) is 11.9. The Kier molecular flexibility index (Phi) is 5.92. The van der Waals surface area contributed by atoms with Gasteiger partial charge in [0.1, 0.15) is 5.82 Å². The van der Waals surface area contributed by atoms with Crippen LogP contribution in [0, 0.1) is 11.8 Å². The maximum atomic E-state index is 13.0. The van der Waals surface area contributed by atoms with E-state index in [9.17, 15) is 9.59 Å². The van der Waals surface area contributed by atoms with Crippen LogP contribution in [0.4, 0.5) is 0 Å². The Labute approximate surface area is 178 Å². The normalized spacial score (nSPS) is 28.1. The summed E-state index contributed by atoms with van der Waals surface area (Å²) in [6.45, 7) is 4.73. The van der Waals surface area contributed by atoms with E-state index in [1.807, 2.05) is 4.90 Å². The lowest BCUT2D eigenvalue weighted by Gasteiger charge is -2.33. The molecule has 4 aliphatic rings. The van der Waals surface area contributed by atoms with Gasteiger partial charge in [-0.3, -0.25) is 14.5 Å². The number of rotatable bonds is 4. The predicted molar refractivity (Wildman–Crippen MR) is 113 cm³/mol. The zero-order chi connectivity index (χ0) is 20.5. The van der Waals surface area contributed by atoms with E-state index < -0.39 is 0 Å². The Morgan fingerprint density at radius 1 is 1.10 bits per heavy atom. The molecule has 1 aromatic rings. The van der Waals surface area contributed by atoms with Gasteiger partial charge in [-0.15, -0.1) is 0 Å². The highest BCUT2D eigenvalue weighted by Gasteiger charge is 2.37. The predicted octanol–water partition coefficient (Wildman–Crippen LogP) is 2.41. The molecule has 0 radical (unpaired) electrons. The summed E-state index contributed by atoms with van der Waals surface area (Å²) >= 11 is 0. The Hall–Kier alpha value is -1.73. The molecule has 0 aromatic carbocycles. The van der Waals surface area contributed by atoms with E-state index in [4.69, 9.17) is 9.72 Å². The number of aromatic nitrogens is 2. The number of ether oxygens (including phenoxy) is 1. The van der Waals surface area contributed by atoms with Crippen molar-refractivity contribution in [2.24, 2.45) is 11.8 Å². The van der Waals surface area contributed by atoms with Crippen molar-refractivity contribution in [1.82, 2.24) is 19.8 Å². The lowest BCUT2D eigenvalue weighted by atomic mass is 9.88. The van der Waals surface area contributed by atoms with E-state index >= 15 is 0 Å². The second kappa shape index (κ2) is 8.79. The van der Waals surface area contributed by atoms with Gasteiger partial charge < -0.3 is 14.6 Å². The van der Waals surface area contributed by atoms with Gasteiger partial charge >= 0.3 is 0 Å². The first-order chi connectivity index (χ1) is 14.7.